The summed E-state index contributed by atoms with van der Waals surface area (Å²) < 4.78 is 0. The van der Waals surface area contributed by atoms with Crippen molar-refractivity contribution in [3.8, 4) is 6.07 Å². The van der Waals surface area contributed by atoms with Gasteiger partial charge < -0.3 is 5.32 Å². The average molecular weight is 194 g/mol. The Kier molecular flexibility index (Phi) is 2.17. The normalized spacial score (nSPS) is 14.8. The third kappa shape index (κ3) is 1.39. The van der Waals surface area contributed by atoms with Gasteiger partial charge in [-0.05, 0) is 18.5 Å². The van der Waals surface area contributed by atoms with Crippen LogP contribution in [0.2, 0.25) is 5.15 Å². The molecule has 1 aromatic rings. The van der Waals surface area contributed by atoms with Gasteiger partial charge in [-0.3, -0.25) is 0 Å². The summed E-state index contributed by atoms with van der Waals surface area (Å²) in [6.45, 7) is 1.62. The Balaban J connectivity index is 2.61. The molecule has 3 nitrogen and oxygen atoms in total. The SMILES string of the molecule is N#Cc1cnc(Cl)c2c1CCNC2. The Morgan fingerprint density at radius 3 is 3.15 bits per heavy atom. The Morgan fingerprint density at radius 1 is 1.54 bits per heavy atom. The number of halogens is 1. The first-order chi connectivity index (χ1) is 6.33. The van der Waals surface area contributed by atoms with Gasteiger partial charge in [-0.2, -0.15) is 5.26 Å². The number of aromatic nitrogens is 1. The summed E-state index contributed by atoms with van der Waals surface area (Å²) >= 11 is 5.91. The summed E-state index contributed by atoms with van der Waals surface area (Å²) in [5.74, 6) is 0. The van der Waals surface area contributed by atoms with Crippen LogP contribution in [0.4, 0.5) is 0 Å². The Morgan fingerprint density at radius 2 is 2.38 bits per heavy atom. The number of nitrogens with zero attached hydrogens (tertiary/aromatic N) is 2. The fraction of sp³-hybridized carbons (Fsp3) is 0.333. The Hall–Kier alpha value is -1.11. The number of fused-ring (bicyclic) bond motifs is 1. The van der Waals surface area contributed by atoms with Crippen molar-refractivity contribution < 1.29 is 0 Å². The van der Waals surface area contributed by atoms with Crippen molar-refractivity contribution >= 4 is 11.6 Å². The van der Waals surface area contributed by atoms with E-state index >= 15 is 0 Å². The van der Waals surface area contributed by atoms with E-state index in [4.69, 9.17) is 16.9 Å². The summed E-state index contributed by atoms with van der Waals surface area (Å²) in [6.07, 6.45) is 2.41. The molecule has 1 aliphatic rings. The highest BCUT2D eigenvalue weighted by Crippen LogP contribution is 2.23. The highest BCUT2D eigenvalue weighted by Gasteiger charge is 2.16. The number of nitrogens with one attached hydrogen (secondary N) is 1. The smallest absolute Gasteiger partial charge is 0.133 e. The minimum absolute atomic E-state index is 0.515. The molecule has 66 valence electrons. The maximum Gasteiger partial charge on any atom is 0.133 e. The van der Waals surface area contributed by atoms with Gasteiger partial charge in [-0.1, -0.05) is 11.6 Å². The maximum atomic E-state index is 8.83. The average Bonchev–Trinajstić information content (AvgIpc) is 2.19. The van der Waals surface area contributed by atoms with Gasteiger partial charge in [0.05, 0.1) is 5.56 Å². The van der Waals surface area contributed by atoms with Gasteiger partial charge in [0.15, 0.2) is 0 Å². The maximum absolute atomic E-state index is 8.83. The molecule has 2 rings (SSSR count). The molecule has 0 radical (unpaired) electrons. The zero-order valence-electron chi connectivity index (χ0n) is 6.97. The van der Waals surface area contributed by atoms with Crippen molar-refractivity contribution in [3.63, 3.8) is 0 Å². The molecule has 1 aliphatic heterocycles. The molecule has 0 fully saturated rings. The first kappa shape index (κ1) is 8.49. The molecule has 1 aromatic heterocycles. The van der Waals surface area contributed by atoms with E-state index in [0.29, 0.717) is 10.7 Å². The van der Waals surface area contributed by atoms with Crippen LogP contribution in [0.15, 0.2) is 6.20 Å². The third-order valence-corrected chi connectivity index (χ3v) is 2.55. The first-order valence-corrected chi connectivity index (χ1v) is 4.48. The molecule has 0 spiro atoms. The van der Waals surface area contributed by atoms with Gasteiger partial charge in [0.25, 0.3) is 0 Å². The quantitative estimate of drug-likeness (QED) is 0.631. The predicted molar refractivity (Wildman–Crippen MR) is 49.4 cm³/mol. The van der Waals surface area contributed by atoms with E-state index in [-0.39, 0.29) is 0 Å². The molecule has 2 heterocycles. The minimum Gasteiger partial charge on any atom is -0.312 e. The zero-order valence-corrected chi connectivity index (χ0v) is 7.73. The standard InChI is InChI=1S/C9H8ClN3/c10-9-8-5-12-2-1-7(8)6(3-11)4-13-9/h4,12H,1-2,5H2. The lowest BCUT2D eigenvalue weighted by molar-refractivity contribution is 0.640. The van der Waals surface area contributed by atoms with Gasteiger partial charge in [0.1, 0.15) is 11.2 Å². The number of rotatable bonds is 0. The number of hydrogen-bond donors (Lipinski definition) is 1. The molecule has 0 saturated carbocycles. The van der Waals surface area contributed by atoms with Crippen LogP contribution in [0.1, 0.15) is 16.7 Å². The second-order valence-corrected chi connectivity index (χ2v) is 3.32. The van der Waals surface area contributed by atoms with E-state index < -0.39 is 0 Å². The van der Waals surface area contributed by atoms with Crippen LogP contribution in [0.3, 0.4) is 0 Å². The van der Waals surface area contributed by atoms with Gasteiger partial charge in [0, 0.05) is 18.3 Å². The summed E-state index contributed by atoms with van der Waals surface area (Å²) in [6, 6.07) is 2.13. The zero-order chi connectivity index (χ0) is 9.26. The molecule has 0 aliphatic carbocycles. The van der Waals surface area contributed by atoms with Gasteiger partial charge >= 0.3 is 0 Å². The Bertz CT molecular complexity index is 381. The molecule has 0 saturated heterocycles. The van der Waals surface area contributed by atoms with Crippen LogP contribution < -0.4 is 5.32 Å². The van der Waals surface area contributed by atoms with Crippen LogP contribution in [-0.2, 0) is 13.0 Å². The lowest BCUT2D eigenvalue weighted by atomic mass is 9.99. The first-order valence-electron chi connectivity index (χ1n) is 4.10. The molecule has 0 aromatic carbocycles. The third-order valence-electron chi connectivity index (χ3n) is 2.22. The summed E-state index contributed by atoms with van der Waals surface area (Å²) in [7, 11) is 0. The molecule has 0 atom stereocenters. The number of pyridine rings is 1. The van der Waals surface area contributed by atoms with Crippen LogP contribution in [-0.4, -0.2) is 11.5 Å². The largest absolute Gasteiger partial charge is 0.312 e. The fourth-order valence-electron chi connectivity index (χ4n) is 1.55. The minimum atomic E-state index is 0.515. The lowest BCUT2D eigenvalue weighted by Crippen LogP contribution is -2.25. The topological polar surface area (TPSA) is 48.7 Å². The van der Waals surface area contributed by atoms with Gasteiger partial charge in [0.2, 0.25) is 0 Å². The number of nitriles is 1. The van der Waals surface area contributed by atoms with E-state index in [1.54, 1.807) is 6.20 Å². The van der Waals surface area contributed by atoms with E-state index in [1.165, 1.54) is 0 Å². The lowest BCUT2D eigenvalue weighted by Gasteiger charge is -2.18. The molecule has 0 amide bonds. The van der Waals surface area contributed by atoms with Crippen LogP contribution >= 0.6 is 11.6 Å². The number of hydrogen-bond acceptors (Lipinski definition) is 3. The second-order valence-electron chi connectivity index (χ2n) is 2.96. The van der Waals surface area contributed by atoms with Crippen molar-refractivity contribution in [2.45, 2.75) is 13.0 Å². The Labute approximate surface area is 81.4 Å². The fourth-order valence-corrected chi connectivity index (χ4v) is 1.78. The monoisotopic (exact) mass is 193 g/mol. The van der Waals surface area contributed by atoms with E-state index in [9.17, 15) is 0 Å². The van der Waals surface area contributed by atoms with Crippen LogP contribution in [0, 0.1) is 11.3 Å². The molecular formula is C9H8ClN3. The molecule has 13 heavy (non-hydrogen) atoms. The highest BCUT2D eigenvalue weighted by atomic mass is 35.5. The molecular weight excluding hydrogens is 186 g/mol. The van der Waals surface area contributed by atoms with Crippen molar-refractivity contribution in [2.75, 3.05) is 6.54 Å². The predicted octanol–water partition coefficient (Wildman–Crippen LogP) is 1.25. The van der Waals surface area contributed by atoms with Crippen molar-refractivity contribution in [3.05, 3.63) is 28.0 Å². The summed E-state index contributed by atoms with van der Waals surface area (Å²) in [5, 5.41) is 12.5. The van der Waals surface area contributed by atoms with Crippen molar-refractivity contribution in [1.29, 1.82) is 5.26 Å². The van der Waals surface area contributed by atoms with Gasteiger partial charge in [-0.15, -0.1) is 0 Å². The van der Waals surface area contributed by atoms with E-state index in [0.717, 1.165) is 30.6 Å². The van der Waals surface area contributed by atoms with E-state index in [1.807, 2.05) is 0 Å². The summed E-state index contributed by atoms with van der Waals surface area (Å²) in [4.78, 5) is 3.97. The van der Waals surface area contributed by atoms with Crippen LogP contribution in [0.5, 0.6) is 0 Å². The second kappa shape index (κ2) is 3.33. The molecule has 4 heteroatoms. The molecule has 0 bridgehead atoms. The van der Waals surface area contributed by atoms with Crippen molar-refractivity contribution in [2.24, 2.45) is 0 Å². The van der Waals surface area contributed by atoms with Gasteiger partial charge in [-0.25, -0.2) is 4.98 Å². The molecule has 0 unspecified atom stereocenters. The summed E-state index contributed by atoms with van der Waals surface area (Å²) in [5.41, 5.74) is 2.69. The van der Waals surface area contributed by atoms with E-state index in [2.05, 4.69) is 16.4 Å². The van der Waals surface area contributed by atoms with Crippen LogP contribution in [0.25, 0.3) is 0 Å². The molecule has 1 N–H and O–H groups in total. The highest BCUT2D eigenvalue weighted by molar-refractivity contribution is 6.30. The van der Waals surface area contributed by atoms with Crippen molar-refractivity contribution in [1.82, 2.24) is 10.3 Å².